The monoisotopic (exact) mass is 297 g/mol. The van der Waals surface area contributed by atoms with Gasteiger partial charge in [-0.3, -0.25) is 9.89 Å². The second-order valence-corrected chi connectivity index (χ2v) is 6.03. The summed E-state index contributed by atoms with van der Waals surface area (Å²) < 4.78 is 5.77. The molecule has 5 heteroatoms. The Balaban J connectivity index is 1.51. The van der Waals surface area contributed by atoms with Crippen molar-refractivity contribution in [1.29, 1.82) is 0 Å². The molecular weight excluding hydrogens is 278 g/mol. The maximum absolute atomic E-state index is 12.9. The van der Waals surface area contributed by atoms with E-state index >= 15 is 0 Å². The average Bonchev–Trinajstić information content (AvgIpc) is 2.91. The summed E-state index contributed by atoms with van der Waals surface area (Å²) in [5.74, 6) is 1.18. The lowest BCUT2D eigenvalue weighted by atomic mass is 9.94. The first-order chi connectivity index (χ1) is 10.8. The second-order valence-electron chi connectivity index (χ2n) is 6.03. The van der Waals surface area contributed by atoms with E-state index in [-0.39, 0.29) is 11.8 Å². The Kier molecular flexibility index (Phi) is 3.33. The third kappa shape index (κ3) is 2.36. The van der Waals surface area contributed by atoms with Crippen molar-refractivity contribution in [3.8, 4) is 5.75 Å². The van der Waals surface area contributed by atoms with Crippen molar-refractivity contribution in [1.82, 2.24) is 15.1 Å². The Hall–Kier alpha value is -2.30. The van der Waals surface area contributed by atoms with Crippen LogP contribution in [-0.4, -0.2) is 34.2 Å². The summed E-state index contributed by atoms with van der Waals surface area (Å²) >= 11 is 0. The highest BCUT2D eigenvalue weighted by atomic mass is 16.5. The molecule has 1 N–H and O–H groups in total. The third-order valence-electron chi connectivity index (χ3n) is 4.62. The van der Waals surface area contributed by atoms with Gasteiger partial charge in [0, 0.05) is 36.7 Å². The number of hydrogen-bond acceptors (Lipinski definition) is 3. The van der Waals surface area contributed by atoms with Crippen LogP contribution in [0.3, 0.4) is 0 Å². The number of aromatic amines is 1. The van der Waals surface area contributed by atoms with Crippen LogP contribution in [0.15, 0.2) is 30.5 Å². The molecule has 1 amide bonds. The standard InChI is InChI=1S/C17H19N3O2/c21-17(20-7-5-15-14(11-20)10-18-19-15)13-6-8-22-16-4-2-1-3-12(16)9-13/h1-4,10,13H,5-9,11H2,(H,18,19)/t13-/m0/s1. The first-order valence-corrected chi connectivity index (χ1v) is 7.82. The normalized spacial score (nSPS) is 20.5. The van der Waals surface area contributed by atoms with Crippen molar-refractivity contribution < 1.29 is 9.53 Å². The Morgan fingerprint density at radius 3 is 3.18 bits per heavy atom. The van der Waals surface area contributed by atoms with Gasteiger partial charge in [0.05, 0.1) is 12.8 Å². The van der Waals surface area contributed by atoms with Crippen molar-refractivity contribution in [3.63, 3.8) is 0 Å². The number of hydrogen-bond donors (Lipinski definition) is 1. The minimum atomic E-state index is 0.0112. The Morgan fingerprint density at radius 1 is 1.32 bits per heavy atom. The molecule has 4 rings (SSSR count). The molecule has 0 saturated carbocycles. The summed E-state index contributed by atoms with van der Waals surface area (Å²) in [6.07, 6.45) is 4.24. The molecule has 3 heterocycles. The highest BCUT2D eigenvalue weighted by Gasteiger charge is 2.30. The molecule has 0 aliphatic carbocycles. The lowest BCUT2D eigenvalue weighted by Crippen LogP contribution is -2.40. The number of para-hydroxylation sites is 1. The van der Waals surface area contributed by atoms with E-state index in [1.165, 1.54) is 5.69 Å². The molecule has 0 saturated heterocycles. The van der Waals surface area contributed by atoms with Gasteiger partial charge in [-0.15, -0.1) is 0 Å². The van der Waals surface area contributed by atoms with Crippen LogP contribution in [0.1, 0.15) is 23.2 Å². The molecule has 22 heavy (non-hydrogen) atoms. The van der Waals surface area contributed by atoms with E-state index in [1.807, 2.05) is 29.3 Å². The summed E-state index contributed by atoms with van der Waals surface area (Å²) in [6, 6.07) is 8.03. The second kappa shape index (κ2) is 5.48. The molecule has 1 aromatic heterocycles. The van der Waals surface area contributed by atoms with Gasteiger partial charge in [-0.05, 0) is 24.5 Å². The molecule has 2 aromatic rings. The molecule has 2 aliphatic rings. The number of rotatable bonds is 1. The average molecular weight is 297 g/mol. The van der Waals surface area contributed by atoms with Crippen molar-refractivity contribution in [2.45, 2.75) is 25.8 Å². The molecule has 5 nitrogen and oxygen atoms in total. The fourth-order valence-corrected chi connectivity index (χ4v) is 3.37. The van der Waals surface area contributed by atoms with E-state index in [0.717, 1.165) is 42.7 Å². The van der Waals surface area contributed by atoms with Gasteiger partial charge in [-0.2, -0.15) is 5.10 Å². The van der Waals surface area contributed by atoms with Crippen LogP contribution >= 0.6 is 0 Å². The van der Waals surface area contributed by atoms with E-state index in [2.05, 4.69) is 16.3 Å². The van der Waals surface area contributed by atoms with Crippen LogP contribution in [0.5, 0.6) is 5.75 Å². The number of nitrogens with zero attached hydrogens (tertiary/aromatic N) is 2. The van der Waals surface area contributed by atoms with Crippen LogP contribution in [0.25, 0.3) is 0 Å². The van der Waals surface area contributed by atoms with Gasteiger partial charge >= 0.3 is 0 Å². The number of benzene rings is 1. The number of aromatic nitrogens is 2. The van der Waals surface area contributed by atoms with E-state index in [9.17, 15) is 4.79 Å². The fourth-order valence-electron chi connectivity index (χ4n) is 3.37. The van der Waals surface area contributed by atoms with Gasteiger partial charge in [0.15, 0.2) is 0 Å². The van der Waals surface area contributed by atoms with Crippen LogP contribution in [0.4, 0.5) is 0 Å². The highest BCUT2D eigenvalue weighted by molar-refractivity contribution is 5.79. The summed E-state index contributed by atoms with van der Waals surface area (Å²) in [5, 5.41) is 7.08. The van der Waals surface area contributed by atoms with Crippen molar-refractivity contribution >= 4 is 5.91 Å². The molecular formula is C17H19N3O2. The topological polar surface area (TPSA) is 58.2 Å². The summed E-state index contributed by atoms with van der Waals surface area (Å²) in [4.78, 5) is 14.9. The molecule has 0 radical (unpaired) electrons. The lowest BCUT2D eigenvalue weighted by molar-refractivity contribution is -0.136. The number of carbonyl (C=O) groups is 1. The van der Waals surface area contributed by atoms with E-state index in [4.69, 9.17) is 4.74 Å². The molecule has 1 atom stereocenters. The van der Waals surface area contributed by atoms with E-state index in [0.29, 0.717) is 13.2 Å². The maximum atomic E-state index is 12.9. The zero-order valence-electron chi connectivity index (χ0n) is 12.4. The van der Waals surface area contributed by atoms with Crippen LogP contribution in [-0.2, 0) is 24.2 Å². The first kappa shape index (κ1) is 13.4. The van der Waals surface area contributed by atoms with Gasteiger partial charge in [0.25, 0.3) is 0 Å². The van der Waals surface area contributed by atoms with Crippen molar-refractivity contribution in [3.05, 3.63) is 47.3 Å². The molecule has 114 valence electrons. The predicted molar refractivity (Wildman–Crippen MR) is 81.5 cm³/mol. The first-order valence-electron chi connectivity index (χ1n) is 7.82. The van der Waals surface area contributed by atoms with Crippen molar-refractivity contribution in [2.24, 2.45) is 5.92 Å². The zero-order valence-corrected chi connectivity index (χ0v) is 12.4. The number of nitrogens with one attached hydrogen (secondary N) is 1. The van der Waals surface area contributed by atoms with E-state index in [1.54, 1.807) is 0 Å². The number of fused-ring (bicyclic) bond motifs is 2. The van der Waals surface area contributed by atoms with Crippen LogP contribution in [0, 0.1) is 5.92 Å². The van der Waals surface area contributed by atoms with Gasteiger partial charge in [-0.1, -0.05) is 18.2 Å². The minimum Gasteiger partial charge on any atom is -0.493 e. The quantitative estimate of drug-likeness (QED) is 0.875. The third-order valence-corrected chi connectivity index (χ3v) is 4.62. The van der Waals surface area contributed by atoms with Gasteiger partial charge < -0.3 is 9.64 Å². The smallest absolute Gasteiger partial charge is 0.226 e. The van der Waals surface area contributed by atoms with Gasteiger partial charge in [0.1, 0.15) is 5.75 Å². The maximum Gasteiger partial charge on any atom is 0.226 e. The largest absolute Gasteiger partial charge is 0.493 e. The Labute approximate surface area is 129 Å². The number of H-pyrrole nitrogens is 1. The minimum absolute atomic E-state index is 0.0112. The molecule has 1 aromatic carbocycles. The number of ether oxygens (including phenoxy) is 1. The van der Waals surface area contributed by atoms with Gasteiger partial charge in [-0.25, -0.2) is 0 Å². The number of amides is 1. The molecule has 0 fully saturated rings. The lowest BCUT2D eigenvalue weighted by Gasteiger charge is -2.29. The summed E-state index contributed by atoms with van der Waals surface area (Å²) in [5.41, 5.74) is 3.45. The molecule has 0 bridgehead atoms. The van der Waals surface area contributed by atoms with Crippen LogP contribution in [0.2, 0.25) is 0 Å². The highest BCUT2D eigenvalue weighted by Crippen LogP contribution is 2.28. The predicted octanol–water partition coefficient (Wildman–Crippen LogP) is 1.94. The van der Waals surface area contributed by atoms with Gasteiger partial charge in [0.2, 0.25) is 5.91 Å². The van der Waals surface area contributed by atoms with Crippen LogP contribution < -0.4 is 4.74 Å². The summed E-state index contributed by atoms with van der Waals surface area (Å²) in [7, 11) is 0. The number of carbonyl (C=O) groups excluding carboxylic acids is 1. The Morgan fingerprint density at radius 2 is 2.23 bits per heavy atom. The molecule has 0 unspecified atom stereocenters. The fraction of sp³-hybridized carbons (Fsp3) is 0.412. The Bertz CT molecular complexity index is 695. The zero-order chi connectivity index (χ0) is 14.9. The molecule has 2 aliphatic heterocycles. The van der Waals surface area contributed by atoms with E-state index < -0.39 is 0 Å². The molecule has 0 spiro atoms. The SMILES string of the molecule is O=C([C@H]1CCOc2ccccc2C1)N1CCc2[nH]ncc2C1. The summed E-state index contributed by atoms with van der Waals surface area (Å²) in [6.45, 7) is 2.05. The van der Waals surface area contributed by atoms with Crippen molar-refractivity contribution in [2.75, 3.05) is 13.2 Å².